The summed E-state index contributed by atoms with van der Waals surface area (Å²) in [6.07, 6.45) is 0. The van der Waals surface area contributed by atoms with Crippen molar-refractivity contribution < 1.29 is 17.2 Å². The number of aromatic nitrogens is 1. The summed E-state index contributed by atoms with van der Waals surface area (Å²) in [5, 5.41) is -0.0563. The molecule has 0 saturated heterocycles. The Morgan fingerprint density at radius 3 is 2.58 bits per heavy atom. The van der Waals surface area contributed by atoms with Gasteiger partial charge < -0.3 is 4.42 Å². The van der Waals surface area contributed by atoms with Crippen LogP contribution in [0, 0.1) is 5.82 Å². The van der Waals surface area contributed by atoms with Crippen LogP contribution in [0.3, 0.4) is 0 Å². The highest BCUT2D eigenvalue weighted by Gasteiger charge is 2.17. The molecule has 2 aromatic carbocycles. The molecule has 0 aliphatic carbocycles. The van der Waals surface area contributed by atoms with Crippen LogP contribution in [0.5, 0.6) is 0 Å². The third-order valence-corrected chi connectivity index (χ3v) is 4.77. The highest BCUT2D eigenvalue weighted by Crippen LogP contribution is 2.19. The summed E-state index contributed by atoms with van der Waals surface area (Å²) in [5.74, 6) is -1.44. The van der Waals surface area contributed by atoms with Crippen LogP contribution in [0.4, 0.5) is 10.1 Å². The topological polar surface area (TPSA) is 98.4 Å². The minimum absolute atomic E-state index is 0.0441. The number of benzene rings is 2. The van der Waals surface area contributed by atoms with E-state index in [-0.39, 0.29) is 21.5 Å². The van der Waals surface area contributed by atoms with Gasteiger partial charge in [-0.3, -0.25) is 9.29 Å². The lowest BCUT2D eigenvalue weighted by Crippen LogP contribution is -2.23. The van der Waals surface area contributed by atoms with Gasteiger partial charge in [0.2, 0.25) is 0 Å². The number of fused-ring (bicyclic) bond motifs is 1. The molecule has 3 aromatic rings. The standard InChI is InChI=1S/C15H11FN2O5S/c1-18-13-6-5-11(8-12(13)14(19)23-15(18)20)24(21,22)17-10-4-2-3-9(16)7-10/h2-8,17H,1H3. The molecular weight excluding hydrogens is 339 g/mol. The zero-order valence-electron chi connectivity index (χ0n) is 12.3. The highest BCUT2D eigenvalue weighted by molar-refractivity contribution is 7.92. The SMILES string of the molecule is Cn1c(=O)oc(=O)c2cc(S(=O)(=O)Nc3cccc(F)c3)ccc21. The molecule has 0 spiro atoms. The smallest absolute Gasteiger partial charge is 0.372 e. The Bertz CT molecular complexity index is 1160. The fourth-order valence-electron chi connectivity index (χ4n) is 2.21. The second kappa shape index (κ2) is 5.60. The Morgan fingerprint density at radius 1 is 1.12 bits per heavy atom. The Hall–Kier alpha value is -2.94. The van der Waals surface area contributed by atoms with E-state index in [1.54, 1.807) is 0 Å². The number of halogens is 1. The van der Waals surface area contributed by atoms with Gasteiger partial charge in [-0.15, -0.1) is 0 Å². The molecule has 0 atom stereocenters. The maximum atomic E-state index is 13.2. The Balaban J connectivity index is 2.12. The molecule has 3 rings (SSSR count). The summed E-state index contributed by atoms with van der Waals surface area (Å²) in [7, 11) is -2.65. The van der Waals surface area contributed by atoms with Gasteiger partial charge in [-0.2, -0.15) is 0 Å². The number of anilines is 1. The van der Waals surface area contributed by atoms with Gasteiger partial charge in [0, 0.05) is 7.05 Å². The van der Waals surface area contributed by atoms with Gasteiger partial charge in [0.15, 0.2) is 0 Å². The Kier molecular flexibility index (Phi) is 3.72. The van der Waals surface area contributed by atoms with Gasteiger partial charge in [0.25, 0.3) is 10.0 Å². The van der Waals surface area contributed by atoms with Gasteiger partial charge in [0.1, 0.15) is 5.82 Å². The molecule has 0 bridgehead atoms. The monoisotopic (exact) mass is 350 g/mol. The Morgan fingerprint density at radius 2 is 1.88 bits per heavy atom. The Labute approximate surface area is 135 Å². The predicted molar refractivity (Wildman–Crippen MR) is 84.9 cm³/mol. The molecule has 0 aliphatic rings. The molecular formula is C15H11FN2O5S. The lowest BCUT2D eigenvalue weighted by atomic mass is 10.2. The van der Waals surface area contributed by atoms with Gasteiger partial charge in [-0.05, 0) is 36.4 Å². The molecule has 1 N–H and O–H groups in total. The van der Waals surface area contributed by atoms with Crippen LogP contribution >= 0.6 is 0 Å². The molecule has 0 unspecified atom stereocenters. The van der Waals surface area contributed by atoms with Crippen molar-refractivity contribution in [2.45, 2.75) is 4.90 Å². The number of aryl methyl sites for hydroxylation is 1. The highest BCUT2D eigenvalue weighted by atomic mass is 32.2. The summed E-state index contributed by atoms with van der Waals surface area (Å²) in [6.45, 7) is 0. The number of nitrogens with zero attached hydrogens (tertiary/aromatic N) is 1. The van der Waals surface area contributed by atoms with Crippen LogP contribution in [-0.2, 0) is 17.1 Å². The summed E-state index contributed by atoms with van der Waals surface area (Å²) in [4.78, 5) is 23.0. The van der Waals surface area contributed by atoms with E-state index in [1.807, 2.05) is 0 Å². The van der Waals surface area contributed by atoms with E-state index in [0.717, 1.165) is 16.7 Å². The second-order valence-corrected chi connectivity index (χ2v) is 6.69. The molecule has 0 fully saturated rings. The van der Waals surface area contributed by atoms with Crippen molar-refractivity contribution in [2.75, 3.05) is 4.72 Å². The average Bonchev–Trinajstić information content (AvgIpc) is 2.52. The maximum absolute atomic E-state index is 13.2. The van der Waals surface area contributed by atoms with Crippen LogP contribution in [0.25, 0.3) is 10.9 Å². The maximum Gasteiger partial charge on any atom is 0.422 e. The van der Waals surface area contributed by atoms with Crippen LogP contribution in [-0.4, -0.2) is 13.0 Å². The summed E-state index contributed by atoms with van der Waals surface area (Å²) < 4.78 is 45.8. The minimum atomic E-state index is -4.05. The lowest BCUT2D eigenvalue weighted by molar-refractivity contribution is 0.432. The van der Waals surface area contributed by atoms with Crippen LogP contribution in [0.2, 0.25) is 0 Å². The summed E-state index contributed by atoms with van der Waals surface area (Å²) in [6, 6.07) is 8.62. The van der Waals surface area contributed by atoms with E-state index in [9.17, 15) is 22.4 Å². The zero-order chi connectivity index (χ0) is 17.5. The molecule has 1 aromatic heterocycles. The van der Waals surface area contributed by atoms with E-state index in [1.165, 1.54) is 37.4 Å². The molecule has 9 heteroatoms. The van der Waals surface area contributed by atoms with E-state index >= 15 is 0 Å². The number of nitrogens with one attached hydrogen (secondary N) is 1. The summed E-state index contributed by atoms with van der Waals surface area (Å²) >= 11 is 0. The van der Waals surface area contributed by atoms with E-state index < -0.39 is 27.2 Å². The van der Waals surface area contributed by atoms with Crippen molar-refractivity contribution in [3.8, 4) is 0 Å². The van der Waals surface area contributed by atoms with Crippen LogP contribution in [0.15, 0.2) is 61.4 Å². The van der Waals surface area contributed by atoms with E-state index in [2.05, 4.69) is 9.14 Å². The first-order chi connectivity index (χ1) is 11.3. The van der Waals surface area contributed by atoms with Crippen LogP contribution in [0.1, 0.15) is 0 Å². The van der Waals surface area contributed by atoms with Crippen molar-refractivity contribution in [3.05, 3.63) is 69.3 Å². The number of sulfonamides is 1. The molecule has 0 amide bonds. The molecule has 124 valence electrons. The molecule has 0 aliphatic heterocycles. The van der Waals surface area contributed by atoms with Crippen molar-refractivity contribution >= 4 is 26.6 Å². The van der Waals surface area contributed by atoms with Gasteiger partial charge in [-0.1, -0.05) is 6.07 Å². The third-order valence-electron chi connectivity index (χ3n) is 3.39. The molecule has 0 saturated carbocycles. The van der Waals surface area contributed by atoms with E-state index in [0.29, 0.717) is 0 Å². The van der Waals surface area contributed by atoms with Crippen molar-refractivity contribution in [1.29, 1.82) is 0 Å². The molecule has 1 heterocycles. The summed E-state index contributed by atoms with van der Waals surface area (Å²) in [5.41, 5.74) is -0.653. The molecule has 24 heavy (non-hydrogen) atoms. The first-order valence-electron chi connectivity index (χ1n) is 6.70. The molecule has 7 nitrogen and oxygen atoms in total. The largest absolute Gasteiger partial charge is 0.422 e. The fraction of sp³-hybridized carbons (Fsp3) is 0.0667. The average molecular weight is 350 g/mol. The van der Waals surface area contributed by atoms with E-state index in [4.69, 9.17) is 0 Å². The third kappa shape index (κ3) is 2.81. The fourth-order valence-corrected chi connectivity index (χ4v) is 3.28. The van der Waals surface area contributed by atoms with Crippen molar-refractivity contribution in [2.24, 2.45) is 7.05 Å². The number of hydrogen-bond acceptors (Lipinski definition) is 5. The minimum Gasteiger partial charge on any atom is -0.372 e. The predicted octanol–water partition coefficient (Wildman–Crippen LogP) is 1.43. The van der Waals surface area contributed by atoms with Crippen LogP contribution < -0.4 is 16.1 Å². The van der Waals surface area contributed by atoms with Gasteiger partial charge >= 0.3 is 11.4 Å². The number of hydrogen-bond donors (Lipinski definition) is 1. The first-order valence-corrected chi connectivity index (χ1v) is 8.18. The first kappa shape index (κ1) is 15.9. The number of rotatable bonds is 3. The second-order valence-electron chi connectivity index (χ2n) is 5.01. The zero-order valence-corrected chi connectivity index (χ0v) is 13.1. The molecule has 0 radical (unpaired) electrons. The quantitative estimate of drug-likeness (QED) is 0.770. The normalized spacial score (nSPS) is 11.6. The lowest BCUT2D eigenvalue weighted by Gasteiger charge is -2.09. The van der Waals surface area contributed by atoms with Crippen molar-refractivity contribution in [1.82, 2.24) is 4.57 Å². The van der Waals surface area contributed by atoms with Gasteiger partial charge in [0.05, 0.1) is 21.5 Å². The van der Waals surface area contributed by atoms with Crippen molar-refractivity contribution in [3.63, 3.8) is 0 Å². The van der Waals surface area contributed by atoms with Gasteiger partial charge in [-0.25, -0.2) is 22.4 Å².